The predicted octanol–water partition coefficient (Wildman–Crippen LogP) is 3.66. The van der Waals surface area contributed by atoms with Crippen molar-refractivity contribution in [2.24, 2.45) is 0 Å². The van der Waals surface area contributed by atoms with Crippen LogP contribution in [-0.4, -0.2) is 13.7 Å². The molecule has 0 atom stereocenters. The Hall–Kier alpha value is -1.91. The highest BCUT2D eigenvalue weighted by Gasteiger charge is 2.04. The monoisotopic (exact) mass is 303 g/mol. The van der Waals surface area contributed by atoms with Crippen molar-refractivity contribution in [2.75, 3.05) is 13.7 Å². The third kappa shape index (κ3) is 4.55. The number of ether oxygens (including phenoxy) is 2. The van der Waals surface area contributed by atoms with Crippen LogP contribution in [0.1, 0.15) is 23.6 Å². The summed E-state index contributed by atoms with van der Waals surface area (Å²) in [5, 5.41) is 3.34. The molecule has 0 heterocycles. The number of halogens is 1. The average molecular weight is 303 g/mol. The molecule has 0 amide bonds. The molecule has 4 heteroatoms. The van der Waals surface area contributed by atoms with Gasteiger partial charge < -0.3 is 14.8 Å². The molecule has 0 aliphatic rings. The van der Waals surface area contributed by atoms with Crippen LogP contribution in [0.3, 0.4) is 0 Å². The van der Waals surface area contributed by atoms with Gasteiger partial charge in [0.05, 0.1) is 13.7 Å². The normalized spacial score (nSPS) is 10.7. The molecule has 0 saturated carbocycles. The van der Waals surface area contributed by atoms with Gasteiger partial charge in [0, 0.05) is 19.7 Å². The SMILES string of the molecule is CCOCc1ccccc1CNCc1ccc(OC)c(F)c1. The van der Waals surface area contributed by atoms with Gasteiger partial charge in [0.25, 0.3) is 0 Å². The van der Waals surface area contributed by atoms with E-state index in [2.05, 4.69) is 17.4 Å². The molecule has 0 aromatic heterocycles. The lowest BCUT2D eigenvalue weighted by Crippen LogP contribution is -2.14. The lowest BCUT2D eigenvalue weighted by Gasteiger charge is -2.11. The number of methoxy groups -OCH3 is 1. The molecule has 2 rings (SSSR count). The van der Waals surface area contributed by atoms with Gasteiger partial charge in [-0.25, -0.2) is 4.39 Å². The van der Waals surface area contributed by atoms with Crippen LogP contribution in [0.15, 0.2) is 42.5 Å². The second kappa shape index (κ2) is 8.51. The minimum absolute atomic E-state index is 0.269. The highest BCUT2D eigenvalue weighted by atomic mass is 19.1. The number of benzene rings is 2. The summed E-state index contributed by atoms with van der Waals surface area (Å²) in [7, 11) is 1.46. The minimum Gasteiger partial charge on any atom is -0.494 e. The van der Waals surface area contributed by atoms with E-state index in [9.17, 15) is 4.39 Å². The van der Waals surface area contributed by atoms with E-state index in [0.29, 0.717) is 19.8 Å². The van der Waals surface area contributed by atoms with Gasteiger partial charge in [-0.15, -0.1) is 0 Å². The summed E-state index contributed by atoms with van der Waals surface area (Å²) in [6, 6.07) is 13.2. The number of hydrogen-bond donors (Lipinski definition) is 1. The van der Waals surface area contributed by atoms with Gasteiger partial charge in [0.1, 0.15) is 0 Å². The van der Waals surface area contributed by atoms with E-state index < -0.39 is 0 Å². The standard InChI is InChI=1S/C18H22FNO2/c1-3-22-13-16-7-5-4-6-15(16)12-20-11-14-8-9-18(21-2)17(19)10-14/h4-10,20H,3,11-13H2,1-2H3. The summed E-state index contributed by atoms with van der Waals surface area (Å²) in [6.07, 6.45) is 0. The van der Waals surface area contributed by atoms with Crippen molar-refractivity contribution in [3.8, 4) is 5.75 Å². The van der Waals surface area contributed by atoms with Gasteiger partial charge in [-0.3, -0.25) is 0 Å². The topological polar surface area (TPSA) is 30.5 Å². The van der Waals surface area contributed by atoms with E-state index in [1.165, 1.54) is 24.3 Å². The summed E-state index contributed by atoms with van der Waals surface area (Å²) in [5.41, 5.74) is 3.27. The molecule has 0 aliphatic carbocycles. The Labute approximate surface area is 131 Å². The molecule has 0 bridgehead atoms. The Bertz CT molecular complexity index is 601. The fraction of sp³-hybridized carbons (Fsp3) is 0.333. The summed E-state index contributed by atoms with van der Waals surface area (Å²) in [5.74, 6) is -0.0654. The number of rotatable bonds is 8. The fourth-order valence-electron chi connectivity index (χ4n) is 2.24. The van der Waals surface area contributed by atoms with Crippen molar-refractivity contribution in [2.45, 2.75) is 26.6 Å². The van der Waals surface area contributed by atoms with Crippen LogP contribution in [0.2, 0.25) is 0 Å². The quantitative estimate of drug-likeness (QED) is 0.807. The maximum atomic E-state index is 13.6. The molecule has 0 saturated heterocycles. The lowest BCUT2D eigenvalue weighted by molar-refractivity contribution is 0.133. The molecule has 0 spiro atoms. The largest absolute Gasteiger partial charge is 0.494 e. The van der Waals surface area contributed by atoms with Crippen LogP contribution in [-0.2, 0) is 24.4 Å². The van der Waals surface area contributed by atoms with Gasteiger partial charge >= 0.3 is 0 Å². The number of hydrogen-bond acceptors (Lipinski definition) is 3. The van der Waals surface area contributed by atoms with Crippen LogP contribution in [0, 0.1) is 5.82 Å². The van der Waals surface area contributed by atoms with Crippen molar-refractivity contribution >= 4 is 0 Å². The van der Waals surface area contributed by atoms with E-state index in [-0.39, 0.29) is 11.6 Å². The summed E-state index contributed by atoms with van der Waals surface area (Å²) in [6.45, 7) is 4.62. The zero-order valence-corrected chi connectivity index (χ0v) is 13.1. The fourth-order valence-corrected chi connectivity index (χ4v) is 2.24. The smallest absolute Gasteiger partial charge is 0.165 e. The van der Waals surface area contributed by atoms with Gasteiger partial charge in [0.2, 0.25) is 0 Å². The molecule has 1 N–H and O–H groups in total. The molecule has 3 nitrogen and oxygen atoms in total. The Morgan fingerprint density at radius 3 is 2.50 bits per heavy atom. The van der Waals surface area contributed by atoms with Crippen LogP contribution in [0.5, 0.6) is 5.75 Å². The molecule has 0 radical (unpaired) electrons. The molecule has 2 aromatic rings. The van der Waals surface area contributed by atoms with E-state index in [1.54, 1.807) is 6.07 Å². The van der Waals surface area contributed by atoms with Crippen LogP contribution in [0.25, 0.3) is 0 Å². The third-order valence-corrected chi connectivity index (χ3v) is 3.44. The summed E-state index contributed by atoms with van der Waals surface area (Å²) < 4.78 is 24.0. The van der Waals surface area contributed by atoms with Crippen molar-refractivity contribution in [1.29, 1.82) is 0 Å². The van der Waals surface area contributed by atoms with Crippen molar-refractivity contribution < 1.29 is 13.9 Å². The van der Waals surface area contributed by atoms with E-state index in [4.69, 9.17) is 9.47 Å². The molecule has 0 fully saturated rings. The maximum Gasteiger partial charge on any atom is 0.165 e. The second-order valence-corrected chi connectivity index (χ2v) is 4.98. The van der Waals surface area contributed by atoms with Crippen molar-refractivity contribution in [3.63, 3.8) is 0 Å². The zero-order chi connectivity index (χ0) is 15.8. The third-order valence-electron chi connectivity index (χ3n) is 3.44. The average Bonchev–Trinajstić information content (AvgIpc) is 2.54. The Balaban J connectivity index is 1.92. The van der Waals surface area contributed by atoms with Crippen LogP contribution in [0.4, 0.5) is 4.39 Å². The Morgan fingerprint density at radius 2 is 1.82 bits per heavy atom. The molecule has 22 heavy (non-hydrogen) atoms. The zero-order valence-electron chi connectivity index (χ0n) is 13.1. The second-order valence-electron chi connectivity index (χ2n) is 4.98. The summed E-state index contributed by atoms with van der Waals surface area (Å²) in [4.78, 5) is 0. The first-order chi connectivity index (χ1) is 10.7. The Kier molecular flexibility index (Phi) is 6.37. The molecule has 2 aromatic carbocycles. The first kappa shape index (κ1) is 16.5. The summed E-state index contributed by atoms with van der Waals surface area (Å²) >= 11 is 0. The molecule has 0 unspecified atom stereocenters. The van der Waals surface area contributed by atoms with Crippen molar-refractivity contribution in [3.05, 3.63) is 65.0 Å². The molecular formula is C18H22FNO2. The molecule has 118 valence electrons. The van der Waals surface area contributed by atoms with Gasteiger partial charge in [-0.1, -0.05) is 30.3 Å². The van der Waals surface area contributed by atoms with E-state index in [1.807, 2.05) is 25.1 Å². The molecular weight excluding hydrogens is 281 g/mol. The first-order valence-corrected chi connectivity index (χ1v) is 7.42. The highest BCUT2D eigenvalue weighted by molar-refractivity contribution is 5.30. The van der Waals surface area contributed by atoms with E-state index in [0.717, 1.165) is 12.1 Å². The van der Waals surface area contributed by atoms with Crippen LogP contribution < -0.4 is 10.1 Å². The Morgan fingerprint density at radius 1 is 1.05 bits per heavy atom. The van der Waals surface area contributed by atoms with Crippen LogP contribution >= 0.6 is 0 Å². The lowest BCUT2D eigenvalue weighted by atomic mass is 10.1. The van der Waals surface area contributed by atoms with Gasteiger partial charge in [-0.05, 0) is 35.7 Å². The maximum absolute atomic E-state index is 13.6. The minimum atomic E-state index is -0.335. The highest BCUT2D eigenvalue weighted by Crippen LogP contribution is 2.17. The van der Waals surface area contributed by atoms with Crippen molar-refractivity contribution in [1.82, 2.24) is 5.32 Å². The van der Waals surface area contributed by atoms with Gasteiger partial charge in [-0.2, -0.15) is 0 Å². The first-order valence-electron chi connectivity index (χ1n) is 7.42. The molecule has 0 aliphatic heterocycles. The van der Waals surface area contributed by atoms with Gasteiger partial charge in [0.15, 0.2) is 11.6 Å². The number of nitrogens with one attached hydrogen (secondary N) is 1. The predicted molar refractivity (Wildman–Crippen MR) is 85.3 cm³/mol. The van der Waals surface area contributed by atoms with E-state index >= 15 is 0 Å².